The van der Waals surface area contributed by atoms with E-state index in [1.807, 2.05) is 0 Å². The average molecular weight is 765 g/mol. The molecule has 0 spiro atoms. The lowest BCUT2D eigenvalue weighted by atomic mass is 10.0. The summed E-state index contributed by atoms with van der Waals surface area (Å²) < 4.78 is 31.8. The summed E-state index contributed by atoms with van der Waals surface area (Å²) in [6.45, 7) is 7.87. The molecule has 6 nitrogen and oxygen atoms in total. The summed E-state index contributed by atoms with van der Waals surface area (Å²) in [5.41, 5.74) is 0.530. The van der Waals surface area contributed by atoms with Gasteiger partial charge in [0, 0.05) is 19.4 Å². The molecule has 0 aliphatic rings. The van der Waals surface area contributed by atoms with Gasteiger partial charge in [-0.25, -0.2) is 8.42 Å². The predicted molar refractivity (Wildman–Crippen MR) is 229 cm³/mol. The lowest BCUT2D eigenvalue weighted by Gasteiger charge is -2.30. The smallest absolute Gasteiger partial charge is 0.219 e. The maximum Gasteiger partial charge on any atom is 0.219 e. The van der Waals surface area contributed by atoms with Crippen LogP contribution in [-0.4, -0.2) is 57.1 Å². The van der Waals surface area contributed by atoms with Crippen LogP contribution >= 0.6 is 0 Å². The number of quaternary nitrogens is 1. The molecule has 0 saturated carbocycles. The Labute approximate surface area is 330 Å². The van der Waals surface area contributed by atoms with Crippen LogP contribution in [0.5, 0.6) is 0 Å². The summed E-state index contributed by atoms with van der Waals surface area (Å²) in [6, 6.07) is 8.37. The van der Waals surface area contributed by atoms with E-state index in [1.54, 1.807) is 30.3 Å². The summed E-state index contributed by atoms with van der Waals surface area (Å²) >= 11 is 0. The first-order valence-electron chi connectivity index (χ1n) is 22.7. The van der Waals surface area contributed by atoms with Crippen LogP contribution in [0.4, 0.5) is 0 Å². The molecule has 1 rings (SSSR count). The fourth-order valence-electron chi connectivity index (χ4n) is 7.10. The highest BCUT2D eigenvalue weighted by atomic mass is 32.2. The number of hydrogen-bond acceptors (Lipinski definition) is 4. The van der Waals surface area contributed by atoms with Gasteiger partial charge in [-0.15, -0.1) is 0 Å². The van der Waals surface area contributed by atoms with Crippen LogP contribution in [0.2, 0.25) is 0 Å². The first kappa shape index (κ1) is 51.6. The molecule has 312 valence electrons. The van der Waals surface area contributed by atoms with Gasteiger partial charge in [-0.2, -0.15) is 0 Å². The zero-order valence-electron chi connectivity index (χ0n) is 35.6. The third-order valence-electron chi connectivity index (χ3n) is 10.6. The van der Waals surface area contributed by atoms with E-state index < -0.39 is 15.9 Å². The molecule has 53 heavy (non-hydrogen) atoms. The molecule has 0 heterocycles. The van der Waals surface area contributed by atoms with Crippen LogP contribution in [-0.2, 0) is 20.7 Å². The van der Waals surface area contributed by atoms with Gasteiger partial charge in [-0.05, 0) is 24.8 Å². The number of carbonyl (C=O) groups excluding carboxylic acids is 1. The Morgan fingerprint density at radius 1 is 0.528 bits per heavy atom. The van der Waals surface area contributed by atoms with Gasteiger partial charge in [0.1, 0.15) is 0 Å². The normalized spacial score (nSPS) is 11.7. The van der Waals surface area contributed by atoms with Gasteiger partial charge in [0.2, 0.25) is 5.91 Å². The van der Waals surface area contributed by atoms with Crippen LogP contribution in [0.1, 0.15) is 218 Å². The highest BCUT2D eigenvalue weighted by Crippen LogP contribution is 2.15. The molecule has 1 N–H and O–H groups in total. The third-order valence-corrected chi connectivity index (χ3v) is 11.3. The fourth-order valence-corrected chi connectivity index (χ4v) is 7.71. The lowest BCUT2D eigenvalue weighted by Crippen LogP contribution is -2.42. The van der Waals surface area contributed by atoms with E-state index in [4.69, 9.17) is 0 Å². The Morgan fingerprint density at radius 2 is 0.868 bits per heavy atom. The fraction of sp³-hybridized carbons (Fsp3) is 0.848. The van der Waals surface area contributed by atoms with Crippen molar-refractivity contribution >= 4 is 16.0 Å². The van der Waals surface area contributed by atoms with Gasteiger partial charge in [0.15, 0.2) is 0 Å². The lowest BCUT2D eigenvalue weighted by molar-refractivity contribution is -0.890. The van der Waals surface area contributed by atoms with Gasteiger partial charge in [0.25, 0.3) is 0 Å². The Kier molecular flexibility index (Phi) is 36.5. The first-order valence-corrected chi connectivity index (χ1v) is 24.2. The highest BCUT2D eigenvalue weighted by molar-refractivity contribution is 7.84. The molecule has 0 unspecified atom stereocenters. The summed E-state index contributed by atoms with van der Waals surface area (Å²) in [5, 5.41) is 3.18. The van der Waals surface area contributed by atoms with E-state index in [2.05, 4.69) is 33.3 Å². The monoisotopic (exact) mass is 765 g/mol. The molecular weight excluding hydrogens is 677 g/mol. The van der Waals surface area contributed by atoms with E-state index >= 15 is 0 Å². The van der Waals surface area contributed by atoms with Crippen molar-refractivity contribution in [3.05, 3.63) is 35.9 Å². The molecule has 0 aliphatic heterocycles. The maximum absolute atomic E-state index is 12.2. The van der Waals surface area contributed by atoms with Crippen LogP contribution < -0.4 is 5.32 Å². The van der Waals surface area contributed by atoms with Crippen LogP contribution in [0, 0.1) is 0 Å². The molecule has 1 amide bonds. The number of nitrogens with one attached hydrogen (secondary N) is 1. The molecule has 0 bridgehead atoms. The van der Waals surface area contributed by atoms with E-state index in [-0.39, 0.29) is 5.91 Å². The van der Waals surface area contributed by atoms with Gasteiger partial charge >= 0.3 is 0 Å². The molecule has 0 radical (unpaired) electrons. The number of benzene rings is 1. The predicted octanol–water partition coefficient (Wildman–Crippen LogP) is 13.0. The van der Waals surface area contributed by atoms with Crippen molar-refractivity contribution in [3.63, 3.8) is 0 Å². The zero-order chi connectivity index (χ0) is 39.1. The minimum atomic E-state index is -4.13. The van der Waals surface area contributed by atoms with E-state index in [0.717, 1.165) is 36.8 Å². The van der Waals surface area contributed by atoms with E-state index in [0.29, 0.717) is 5.56 Å². The molecule has 0 fully saturated rings. The molecule has 0 aliphatic carbocycles. The third kappa shape index (κ3) is 41.6. The van der Waals surface area contributed by atoms with E-state index in [1.165, 1.54) is 186 Å². The largest absolute Gasteiger partial charge is 0.748 e. The molecule has 0 saturated heterocycles. The minimum Gasteiger partial charge on any atom is -0.748 e. The van der Waals surface area contributed by atoms with Gasteiger partial charge in [-0.1, -0.05) is 211 Å². The Morgan fingerprint density at radius 3 is 1.25 bits per heavy atom. The second kappa shape index (κ2) is 37.5. The molecule has 1 aromatic carbocycles. The number of hydrogen-bond donors (Lipinski definition) is 1. The van der Waals surface area contributed by atoms with E-state index in [9.17, 15) is 17.8 Å². The first-order chi connectivity index (χ1) is 25.6. The summed E-state index contributed by atoms with van der Waals surface area (Å²) in [5.74, 6) is -0.157. The maximum atomic E-state index is 12.2. The van der Waals surface area contributed by atoms with Crippen LogP contribution in [0.15, 0.2) is 30.3 Å². The van der Waals surface area contributed by atoms with Crippen molar-refractivity contribution in [2.24, 2.45) is 0 Å². The van der Waals surface area contributed by atoms with Crippen molar-refractivity contribution in [2.45, 2.75) is 219 Å². The molecule has 0 aromatic heterocycles. The minimum absolute atomic E-state index is 0.266. The SMILES string of the molecule is CCCCCCCCCCCCCCCCCC(=O)NCCC[N+](C)(C)CCCCCCCCCCCCCCCC.O=S(=O)([O-])Cc1ccccc1. The van der Waals surface area contributed by atoms with Crippen LogP contribution in [0.25, 0.3) is 0 Å². The topological polar surface area (TPSA) is 86.3 Å². The number of nitrogens with zero attached hydrogens (tertiary/aromatic N) is 1. The Hall–Kier alpha value is -1.44. The summed E-state index contributed by atoms with van der Waals surface area (Å²) in [6.07, 6.45) is 42.3. The zero-order valence-corrected chi connectivity index (χ0v) is 36.4. The second-order valence-electron chi connectivity index (χ2n) is 16.6. The molecule has 0 atom stereocenters. The van der Waals surface area contributed by atoms with Gasteiger partial charge < -0.3 is 14.4 Å². The summed E-state index contributed by atoms with van der Waals surface area (Å²) in [7, 11) is 0.594. The molecule has 1 aromatic rings. The van der Waals surface area contributed by atoms with Gasteiger partial charge in [0.05, 0.1) is 43.1 Å². The Balaban J connectivity index is 0.00000207. The van der Waals surface area contributed by atoms with Crippen LogP contribution in [0.3, 0.4) is 0 Å². The Bertz CT molecular complexity index is 1020. The quantitative estimate of drug-likeness (QED) is 0.0415. The average Bonchev–Trinajstić information content (AvgIpc) is 3.12. The van der Waals surface area contributed by atoms with Crippen molar-refractivity contribution in [1.82, 2.24) is 5.32 Å². The van der Waals surface area contributed by atoms with Crippen molar-refractivity contribution in [1.29, 1.82) is 0 Å². The number of unbranched alkanes of at least 4 members (excludes halogenated alkanes) is 27. The van der Waals surface area contributed by atoms with Crippen molar-refractivity contribution in [3.8, 4) is 0 Å². The van der Waals surface area contributed by atoms with Crippen molar-refractivity contribution in [2.75, 3.05) is 33.7 Å². The summed E-state index contributed by atoms with van der Waals surface area (Å²) in [4.78, 5) is 12.2. The standard InChI is InChI=1S/C39H80N2O.C7H8O3S/c1-5-7-9-11-13-15-17-19-21-22-24-26-28-30-32-35-39(42)40-36-34-38-41(3,4)37-33-31-29-27-25-23-20-18-16-14-12-10-8-6-2;8-11(9,10)6-7-4-2-1-3-5-7/h5-38H2,1-4H3;1-5H,6H2,(H,8,9,10). The molecule has 7 heteroatoms. The van der Waals surface area contributed by atoms with Crippen molar-refractivity contribution < 1.29 is 22.2 Å². The number of carbonyl (C=O) groups is 1. The molecular formula is C46H88N2O4S. The number of rotatable bonds is 37. The highest BCUT2D eigenvalue weighted by Gasteiger charge is 2.14. The second-order valence-corrected chi connectivity index (χ2v) is 18.0. The van der Waals surface area contributed by atoms with Gasteiger partial charge in [-0.3, -0.25) is 4.79 Å². The number of amides is 1.